The van der Waals surface area contributed by atoms with Gasteiger partial charge in [0.25, 0.3) is 11.5 Å². The van der Waals surface area contributed by atoms with Crippen LogP contribution in [0.2, 0.25) is 0 Å². The third-order valence-corrected chi connectivity index (χ3v) is 6.41. The van der Waals surface area contributed by atoms with E-state index in [2.05, 4.69) is 15.9 Å². The smallest absolute Gasteiger partial charge is 0.416 e. The first-order valence-electron chi connectivity index (χ1n) is 11.6. The summed E-state index contributed by atoms with van der Waals surface area (Å²) < 4.78 is 89.8. The van der Waals surface area contributed by atoms with Gasteiger partial charge in [-0.05, 0) is 51.0 Å². The molecular formula is C25H27BrF6N2O3. The number of hydrogen-bond donors (Lipinski definition) is 0. The molecule has 5 nitrogen and oxygen atoms in total. The van der Waals surface area contributed by atoms with E-state index in [1.54, 1.807) is 25.7 Å². The highest BCUT2D eigenvalue weighted by Gasteiger charge is 2.38. The zero-order valence-corrected chi connectivity index (χ0v) is 22.1. The zero-order chi connectivity index (χ0) is 27.8. The van der Waals surface area contributed by atoms with Crippen molar-refractivity contribution >= 4 is 21.9 Å². The van der Waals surface area contributed by atoms with Crippen molar-refractivity contribution in [1.29, 1.82) is 0 Å². The number of alkyl halides is 5. The van der Waals surface area contributed by atoms with Gasteiger partial charge in [-0.1, -0.05) is 15.9 Å². The summed E-state index contributed by atoms with van der Waals surface area (Å²) in [5.74, 6) is -4.70. The van der Waals surface area contributed by atoms with Crippen LogP contribution < -0.4 is 5.56 Å². The summed E-state index contributed by atoms with van der Waals surface area (Å²) >= 11 is 3.18. The van der Waals surface area contributed by atoms with E-state index in [9.17, 15) is 35.9 Å². The number of likely N-dealkylation sites (tertiary alicyclic amines) is 1. The number of nitrogens with zero attached hydrogens (tertiary/aromatic N) is 2. The molecule has 1 aliphatic heterocycles. The van der Waals surface area contributed by atoms with Gasteiger partial charge in [0, 0.05) is 54.8 Å². The molecule has 2 aromatic rings. The van der Waals surface area contributed by atoms with E-state index in [0.29, 0.717) is 10.5 Å². The molecular weight excluding hydrogens is 570 g/mol. The first-order valence-corrected chi connectivity index (χ1v) is 12.4. The van der Waals surface area contributed by atoms with E-state index in [-0.39, 0.29) is 37.2 Å². The van der Waals surface area contributed by atoms with Crippen LogP contribution in [0.1, 0.15) is 56.3 Å². The molecule has 0 saturated carbocycles. The number of pyridine rings is 1. The zero-order valence-electron chi connectivity index (χ0n) is 20.5. The fourth-order valence-electron chi connectivity index (χ4n) is 4.11. The molecule has 0 spiro atoms. The van der Waals surface area contributed by atoms with Gasteiger partial charge in [-0.25, -0.2) is 18.0 Å². The molecule has 2 heterocycles. The van der Waals surface area contributed by atoms with Crippen LogP contribution in [-0.2, 0) is 22.1 Å². The maximum absolute atomic E-state index is 14.9. The van der Waals surface area contributed by atoms with Crippen molar-refractivity contribution in [2.75, 3.05) is 19.6 Å². The van der Waals surface area contributed by atoms with Crippen molar-refractivity contribution in [2.45, 2.75) is 63.8 Å². The maximum atomic E-state index is 14.9. The first kappa shape index (κ1) is 29.2. The molecule has 0 radical (unpaired) electrons. The fourth-order valence-corrected chi connectivity index (χ4v) is 4.49. The molecule has 0 aliphatic carbocycles. The van der Waals surface area contributed by atoms with Crippen LogP contribution in [0.5, 0.6) is 0 Å². The van der Waals surface area contributed by atoms with Gasteiger partial charge < -0.3 is 9.64 Å². The molecule has 0 bridgehead atoms. The van der Waals surface area contributed by atoms with Crippen molar-refractivity contribution < 1.29 is 35.9 Å². The van der Waals surface area contributed by atoms with Gasteiger partial charge in [0.1, 0.15) is 11.4 Å². The number of benzene rings is 1. The predicted molar refractivity (Wildman–Crippen MR) is 128 cm³/mol. The molecule has 3 rings (SSSR count). The van der Waals surface area contributed by atoms with Gasteiger partial charge >= 0.3 is 12.1 Å². The summed E-state index contributed by atoms with van der Waals surface area (Å²) in [4.78, 5) is 27.7. The van der Waals surface area contributed by atoms with Gasteiger partial charge in [-0.2, -0.15) is 13.2 Å². The van der Waals surface area contributed by atoms with Crippen LogP contribution in [0.25, 0.3) is 0 Å². The van der Waals surface area contributed by atoms with Crippen LogP contribution in [0.15, 0.2) is 39.7 Å². The summed E-state index contributed by atoms with van der Waals surface area (Å²) in [5, 5.41) is 0. The Bertz CT molecular complexity index is 1200. The molecule has 37 heavy (non-hydrogen) atoms. The number of aromatic nitrogens is 1. The van der Waals surface area contributed by atoms with Crippen LogP contribution in [0.3, 0.4) is 0 Å². The summed E-state index contributed by atoms with van der Waals surface area (Å²) in [6.45, 7) is 4.72. The fraction of sp³-hybridized carbons (Fsp3) is 0.520. The molecule has 1 fully saturated rings. The molecule has 204 valence electrons. The number of ether oxygens (including phenoxy) is 1. The lowest BCUT2D eigenvalue weighted by Gasteiger charge is -2.32. The van der Waals surface area contributed by atoms with Gasteiger partial charge in [0.15, 0.2) is 6.04 Å². The summed E-state index contributed by atoms with van der Waals surface area (Å²) in [5.41, 5.74) is -4.01. The lowest BCUT2D eigenvalue weighted by atomic mass is 10.0. The topological polar surface area (TPSA) is 51.5 Å². The summed E-state index contributed by atoms with van der Waals surface area (Å²) in [6.07, 6.45) is -5.03. The quantitative estimate of drug-likeness (QED) is 0.304. The molecule has 0 amide bonds. The average Bonchev–Trinajstić information content (AvgIpc) is 2.75. The predicted octanol–water partition coefficient (Wildman–Crippen LogP) is 5.97. The van der Waals surface area contributed by atoms with Crippen molar-refractivity contribution in [1.82, 2.24) is 9.47 Å². The second-order valence-electron chi connectivity index (χ2n) is 10.0. The minimum absolute atomic E-state index is 0.0117. The lowest BCUT2D eigenvalue weighted by molar-refractivity contribution is -0.157. The maximum Gasteiger partial charge on any atom is 0.416 e. The van der Waals surface area contributed by atoms with Crippen LogP contribution in [-0.4, -0.2) is 46.6 Å². The van der Waals surface area contributed by atoms with Gasteiger partial charge in [0.05, 0.1) is 5.56 Å². The van der Waals surface area contributed by atoms with Crippen molar-refractivity contribution in [2.24, 2.45) is 0 Å². The third-order valence-electron chi connectivity index (χ3n) is 5.91. The molecule has 1 aromatic heterocycles. The highest BCUT2D eigenvalue weighted by Crippen LogP contribution is 2.34. The highest BCUT2D eigenvalue weighted by molar-refractivity contribution is 9.10. The Hall–Kier alpha value is -2.34. The molecule has 1 unspecified atom stereocenters. The van der Waals surface area contributed by atoms with Gasteiger partial charge in [-0.3, -0.25) is 9.36 Å². The van der Waals surface area contributed by atoms with Crippen LogP contribution >= 0.6 is 15.9 Å². The van der Waals surface area contributed by atoms with Crippen molar-refractivity contribution in [3.8, 4) is 0 Å². The number of halogens is 7. The summed E-state index contributed by atoms with van der Waals surface area (Å²) in [7, 11) is 0. The van der Waals surface area contributed by atoms with E-state index < -0.39 is 59.5 Å². The molecule has 1 aliphatic rings. The third kappa shape index (κ3) is 7.59. The first-order chi connectivity index (χ1) is 17.0. The van der Waals surface area contributed by atoms with Gasteiger partial charge in [-0.15, -0.1) is 0 Å². The molecule has 1 atom stereocenters. The number of carbonyl (C=O) groups is 1. The van der Waals surface area contributed by atoms with E-state index in [1.807, 2.05) is 0 Å². The minimum Gasteiger partial charge on any atom is -0.458 e. The van der Waals surface area contributed by atoms with Crippen LogP contribution in [0, 0.1) is 5.82 Å². The molecule has 1 aromatic carbocycles. The number of piperidine rings is 1. The Balaban J connectivity index is 2.08. The van der Waals surface area contributed by atoms with E-state index in [4.69, 9.17) is 4.74 Å². The number of esters is 1. The number of rotatable bonds is 6. The average molecular weight is 597 g/mol. The minimum atomic E-state index is -4.88. The largest absolute Gasteiger partial charge is 0.458 e. The lowest BCUT2D eigenvalue weighted by Crippen LogP contribution is -2.40. The number of carbonyl (C=O) groups excluding carboxylic acids is 1. The Kier molecular flexibility index (Phi) is 8.53. The SMILES string of the molecule is CC(C)(C)OC(=O)C(c1cc(Br)ccc1F)n1cc(CCN2CCC(F)(F)CC2)c(C(F)(F)F)cc1=O. The Labute approximate surface area is 218 Å². The van der Waals surface area contributed by atoms with Crippen molar-refractivity contribution in [3.05, 3.63) is 67.8 Å². The van der Waals surface area contributed by atoms with E-state index in [0.717, 1.165) is 16.8 Å². The molecule has 12 heteroatoms. The summed E-state index contributed by atoms with van der Waals surface area (Å²) in [6, 6.07) is 2.33. The van der Waals surface area contributed by atoms with Crippen molar-refractivity contribution in [3.63, 3.8) is 0 Å². The molecule has 0 N–H and O–H groups in total. The van der Waals surface area contributed by atoms with Crippen LogP contribution in [0.4, 0.5) is 26.3 Å². The number of hydrogen-bond acceptors (Lipinski definition) is 4. The normalized spacial score (nSPS) is 17.5. The Morgan fingerprint density at radius 2 is 1.76 bits per heavy atom. The monoisotopic (exact) mass is 596 g/mol. The second kappa shape index (κ2) is 10.8. The second-order valence-corrected chi connectivity index (χ2v) is 10.9. The Morgan fingerprint density at radius 1 is 1.14 bits per heavy atom. The van der Waals surface area contributed by atoms with Gasteiger partial charge in [0.2, 0.25) is 0 Å². The Morgan fingerprint density at radius 3 is 2.32 bits per heavy atom. The highest BCUT2D eigenvalue weighted by atomic mass is 79.9. The molecule has 1 saturated heterocycles. The van der Waals surface area contributed by atoms with E-state index in [1.165, 1.54) is 12.1 Å². The van der Waals surface area contributed by atoms with E-state index >= 15 is 0 Å². The standard InChI is InChI=1S/C25H27BrF6N2O3/c1-23(2,3)37-22(36)21(17-12-16(26)4-5-19(17)27)34-14-15(18(13-20(34)35)25(30,31)32)6-9-33-10-7-24(28,29)8-11-33/h4-5,12-14,21H,6-11H2,1-3H3.